The van der Waals surface area contributed by atoms with Gasteiger partial charge in [-0.15, -0.1) is 0 Å². The molecule has 2 unspecified atom stereocenters. The van der Waals surface area contributed by atoms with Crippen molar-refractivity contribution in [3.8, 4) is 5.75 Å². The number of carbonyl (C=O) groups excluding carboxylic acids is 1. The van der Waals surface area contributed by atoms with Crippen molar-refractivity contribution in [2.75, 3.05) is 14.2 Å². The highest BCUT2D eigenvalue weighted by Crippen LogP contribution is 2.32. The first kappa shape index (κ1) is 18.0. The van der Waals surface area contributed by atoms with Crippen LogP contribution in [0.5, 0.6) is 5.75 Å². The topological polar surface area (TPSA) is 47.6 Å². The maximum Gasteiger partial charge on any atom is 0.253 e. The molecule has 128 valence electrons. The molecule has 0 heterocycles. The number of carbonyl (C=O) groups is 1. The molecule has 2 rings (SSSR count). The minimum atomic E-state index is -0.648. The van der Waals surface area contributed by atoms with Crippen LogP contribution >= 0.6 is 0 Å². The molecule has 0 aliphatic carbocycles. The van der Waals surface area contributed by atoms with Gasteiger partial charge in [0.2, 0.25) is 0 Å². The SMILES string of the molecule is CCCC(Oc1ccccc1)c1ccccc1C(OC)C(=O)NC. The zero-order valence-corrected chi connectivity index (χ0v) is 14.5. The van der Waals surface area contributed by atoms with Crippen LogP contribution in [0.4, 0.5) is 0 Å². The molecule has 0 radical (unpaired) electrons. The molecule has 0 fully saturated rings. The van der Waals surface area contributed by atoms with Gasteiger partial charge in [0.25, 0.3) is 5.91 Å². The fourth-order valence-electron chi connectivity index (χ4n) is 2.75. The molecule has 0 saturated carbocycles. The zero-order chi connectivity index (χ0) is 17.4. The summed E-state index contributed by atoms with van der Waals surface area (Å²) in [5.74, 6) is 0.652. The summed E-state index contributed by atoms with van der Waals surface area (Å²) in [7, 11) is 3.16. The van der Waals surface area contributed by atoms with Crippen molar-refractivity contribution < 1.29 is 14.3 Å². The van der Waals surface area contributed by atoms with Gasteiger partial charge in [0.15, 0.2) is 6.10 Å². The third-order valence-corrected chi connectivity index (χ3v) is 3.92. The first-order valence-electron chi connectivity index (χ1n) is 8.26. The predicted octanol–water partition coefficient (Wildman–Crippen LogP) is 4.04. The number of amides is 1. The Bertz CT molecular complexity index is 642. The number of rotatable bonds is 8. The highest BCUT2D eigenvalue weighted by Gasteiger charge is 2.25. The van der Waals surface area contributed by atoms with Crippen LogP contribution in [0.1, 0.15) is 43.1 Å². The van der Waals surface area contributed by atoms with Crippen molar-refractivity contribution in [2.24, 2.45) is 0 Å². The number of likely N-dealkylation sites (N-methyl/N-ethyl adjacent to an activating group) is 1. The van der Waals surface area contributed by atoms with Crippen LogP contribution in [0, 0.1) is 0 Å². The van der Waals surface area contributed by atoms with Crippen molar-refractivity contribution in [2.45, 2.75) is 32.0 Å². The van der Waals surface area contributed by atoms with Crippen molar-refractivity contribution >= 4 is 5.91 Å². The van der Waals surface area contributed by atoms with Crippen LogP contribution in [-0.2, 0) is 9.53 Å². The molecule has 0 saturated heterocycles. The van der Waals surface area contributed by atoms with Gasteiger partial charge in [0, 0.05) is 14.2 Å². The molecule has 2 aromatic carbocycles. The van der Waals surface area contributed by atoms with E-state index in [-0.39, 0.29) is 12.0 Å². The third kappa shape index (κ3) is 4.36. The van der Waals surface area contributed by atoms with Crippen LogP contribution in [0.3, 0.4) is 0 Å². The summed E-state index contributed by atoms with van der Waals surface area (Å²) < 4.78 is 11.6. The largest absolute Gasteiger partial charge is 0.486 e. The lowest BCUT2D eigenvalue weighted by Gasteiger charge is -2.24. The molecule has 0 aliphatic heterocycles. The summed E-state index contributed by atoms with van der Waals surface area (Å²) in [6.45, 7) is 2.12. The molecule has 2 aromatic rings. The molecule has 0 aromatic heterocycles. The van der Waals surface area contributed by atoms with Crippen molar-refractivity contribution in [3.63, 3.8) is 0 Å². The van der Waals surface area contributed by atoms with Crippen molar-refractivity contribution in [1.82, 2.24) is 5.32 Å². The Kier molecular flexibility index (Phi) is 6.82. The average molecular weight is 327 g/mol. The van der Waals surface area contributed by atoms with Gasteiger partial charge in [-0.1, -0.05) is 55.8 Å². The highest BCUT2D eigenvalue weighted by molar-refractivity contribution is 5.82. The van der Waals surface area contributed by atoms with E-state index in [1.54, 1.807) is 14.2 Å². The fraction of sp³-hybridized carbons (Fsp3) is 0.350. The molecular weight excluding hydrogens is 302 g/mol. The minimum Gasteiger partial charge on any atom is -0.486 e. The van der Waals surface area contributed by atoms with Gasteiger partial charge in [-0.3, -0.25) is 4.79 Å². The molecule has 0 bridgehead atoms. The fourth-order valence-corrected chi connectivity index (χ4v) is 2.75. The molecule has 4 heteroatoms. The molecular formula is C20H25NO3. The maximum absolute atomic E-state index is 12.2. The van der Waals surface area contributed by atoms with E-state index in [9.17, 15) is 4.79 Å². The number of benzene rings is 2. The van der Waals surface area contributed by atoms with Gasteiger partial charge in [-0.25, -0.2) is 0 Å². The molecule has 1 amide bonds. The average Bonchev–Trinajstić information content (AvgIpc) is 2.63. The molecule has 24 heavy (non-hydrogen) atoms. The summed E-state index contributed by atoms with van der Waals surface area (Å²) >= 11 is 0. The van der Waals surface area contributed by atoms with E-state index in [0.717, 1.165) is 29.7 Å². The van der Waals surface area contributed by atoms with E-state index in [1.807, 2.05) is 54.6 Å². The Balaban J connectivity index is 2.37. The zero-order valence-electron chi connectivity index (χ0n) is 14.5. The first-order valence-corrected chi connectivity index (χ1v) is 8.26. The summed E-state index contributed by atoms with van der Waals surface area (Å²) in [5, 5.41) is 2.66. The Morgan fingerprint density at radius 1 is 1.04 bits per heavy atom. The lowest BCUT2D eigenvalue weighted by atomic mass is 9.95. The molecule has 2 atom stereocenters. The highest BCUT2D eigenvalue weighted by atomic mass is 16.5. The molecule has 1 N–H and O–H groups in total. The summed E-state index contributed by atoms with van der Waals surface area (Å²) in [4.78, 5) is 12.2. The summed E-state index contributed by atoms with van der Waals surface area (Å²) in [5.41, 5.74) is 1.83. The van der Waals surface area contributed by atoms with E-state index in [0.29, 0.717) is 0 Å². The Hall–Kier alpha value is -2.33. The second-order valence-corrected chi connectivity index (χ2v) is 5.57. The first-order chi connectivity index (χ1) is 11.7. The van der Waals surface area contributed by atoms with Gasteiger partial charge >= 0.3 is 0 Å². The van der Waals surface area contributed by atoms with Crippen LogP contribution in [0.15, 0.2) is 54.6 Å². The van der Waals surface area contributed by atoms with E-state index < -0.39 is 6.10 Å². The van der Waals surface area contributed by atoms with E-state index in [4.69, 9.17) is 9.47 Å². The lowest BCUT2D eigenvalue weighted by molar-refractivity contribution is -0.130. The number of methoxy groups -OCH3 is 1. The number of hydrogen-bond acceptors (Lipinski definition) is 3. The Morgan fingerprint density at radius 3 is 2.25 bits per heavy atom. The van der Waals surface area contributed by atoms with Gasteiger partial charge in [0.05, 0.1) is 0 Å². The molecule has 0 spiro atoms. The van der Waals surface area contributed by atoms with Crippen LogP contribution < -0.4 is 10.1 Å². The Morgan fingerprint density at radius 2 is 1.67 bits per heavy atom. The van der Waals surface area contributed by atoms with Crippen LogP contribution in [0.2, 0.25) is 0 Å². The van der Waals surface area contributed by atoms with Gasteiger partial charge < -0.3 is 14.8 Å². The number of ether oxygens (including phenoxy) is 2. The maximum atomic E-state index is 12.2. The van der Waals surface area contributed by atoms with Crippen LogP contribution in [-0.4, -0.2) is 20.1 Å². The second kappa shape index (κ2) is 9.08. The Labute approximate surface area is 143 Å². The van der Waals surface area contributed by atoms with E-state index >= 15 is 0 Å². The monoisotopic (exact) mass is 327 g/mol. The quantitative estimate of drug-likeness (QED) is 0.796. The lowest BCUT2D eigenvalue weighted by Crippen LogP contribution is -2.28. The second-order valence-electron chi connectivity index (χ2n) is 5.57. The van der Waals surface area contributed by atoms with Crippen LogP contribution in [0.25, 0.3) is 0 Å². The summed E-state index contributed by atoms with van der Waals surface area (Å²) in [6, 6.07) is 17.6. The van der Waals surface area contributed by atoms with Gasteiger partial charge in [-0.05, 0) is 29.7 Å². The minimum absolute atomic E-state index is 0.129. The normalized spacial score (nSPS) is 13.1. The molecule has 4 nitrogen and oxygen atoms in total. The number of hydrogen-bond donors (Lipinski definition) is 1. The number of nitrogens with one attached hydrogen (secondary N) is 1. The standard InChI is InChI=1S/C20H25NO3/c1-4-10-18(24-15-11-6-5-7-12-15)16-13-8-9-14-17(16)19(23-3)20(22)21-2/h5-9,11-14,18-19H,4,10H2,1-3H3,(H,21,22). The van der Waals surface area contributed by atoms with E-state index in [2.05, 4.69) is 12.2 Å². The van der Waals surface area contributed by atoms with E-state index in [1.165, 1.54) is 0 Å². The van der Waals surface area contributed by atoms with Crippen molar-refractivity contribution in [3.05, 3.63) is 65.7 Å². The molecule has 0 aliphatic rings. The predicted molar refractivity (Wildman–Crippen MR) is 95.0 cm³/mol. The van der Waals surface area contributed by atoms with Crippen molar-refractivity contribution in [1.29, 1.82) is 0 Å². The smallest absolute Gasteiger partial charge is 0.253 e. The van der Waals surface area contributed by atoms with Gasteiger partial charge in [0.1, 0.15) is 11.9 Å². The number of para-hydroxylation sites is 1. The van der Waals surface area contributed by atoms with Gasteiger partial charge in [-0.2, -0.15) is 0 Å². The third-order valence-electron chi connectivity index (χ3n) is 3.92. The summed E-state index contributed by atoms with van der Waals surface area (Å²) in [6.07, 6.45) is 1.06.